The van der Waals surface area contributed by atoms with Gasteiger partial charge in [0.2, 0.25) is 0 Å². The number of rotatable bonds is 5. The van der Waals surface area contributed by atoms with Gasteiger partial charge in [-0.3, -0.25) is 9.36 Å². The summed E-state index contributed by atoms with van der Waals surface area (Å²) in [7, 11) is 3.53. The molecule has 98 valence electrons. The van der Waals surface area contributed by atoms with E-state index in [0.29, 0.717) is 13.2 Å². The number of nitrogens with two attached hydrogens (primary N) is 1. The van der Waals surface area contributed by atoms with Crippen LogP contribution < -0.4 is 5.73 Å². The first kappa shape index (κ1) is 13.3. The summed E-state index contributed by atoms with van der Waals surface area (Å²) in [6, 6.07) is -0.257. The van der Waals surface area contributed by atoms with Gasteiger partial charge in [0.1, 0.15) is 0 Å². The Bertz CT molecular complexity index is 521. The van der Waals surface area contributed by atoms with Crippen LogP contribution in [-0.2, 0) is 18.3 Å². The van der Waals surface area contributed by atoms with Gasteiger partial charge in [-0.05, 0) is 15.9 Å². The minimum atomic E-state index is -0.257. The second kappa shape index (κ2) is 5.64. The normalized spacial score (nSPS) is 12.9. The van der Waals surface area contributed by atoms with Crippen molar-refractivity contribution in [2.24, 2.45) is 12.8 Å². The predicted molar refractivity (Wildman–Crippen MR) is 71.0 cm³/mol. The Morgan fingerprint density at radius 2 is 2.22 bits per heavy atom. The summed E-state index contributed by atoms with van der Waals surface area (Å²) in [5.41, 5.74) is 8.15. The lowest BCUT2D eigenvalue weighted by Gasteiger charge is -2.13. The van der Waals surface area contributed by atoms with Crippen molar-refractivity contribution in [2.45, 2.75) is 12.6 Å². The number of hydrogen-bond acceptors (Lipinski definition) is 4. The average molecular weight is 314 g/mol. The van der Waals surface area contributed by atoms with E-state index in [0.717, 1.165) is 15.7 Å². The molecule has 1 atom stereocenters. The van der Waals surface area contributed by atoms with Crippen LogP contribution in [0, 0.1) is 0 Å². The van der Waals surface area contributed by atoms with E-state index in [1.54, 1.807) is 24.2 Å². The van der Waals surface area contributed by atoms with Crippen molar-refractivity contribution in [1.82, 2.24) is 19.6 Å². The molecule has 1 unspecified atom stereocenters. The van der Waals surface area contributed by atoms with E-state index in [9.17, 15) is 0 Å². The zero-order valence-corrected chi connectivity index (χ0v) is 12.0. The molecule has 0 saturated carbocycles. The van der Waals surface area contributed by atoms with E-state index in [1.807, 2.05) is 17.9 Å². The van der Waals surface area contributed by atoms with Crippen molar-refractivity contribution in [3.8, 4) is 0 Å². The van der Waals surface area contributed by atoms with Crippen LogP contribution in [0.3, 0.4) is 0 Å². The van der Waals surface area contributed by atoms with Crippen molar-refractivity contribution < 1.29 is 4.74 Å². The molecule has 0 bridgehead atoms. The second-order valence-electron chi connectivity index (χ2n) is 4.02. The molecule has 2 aromatic rings. The highest BCUT2D eigenvalue weighted by Gasteiger charge is 2.19. The van der Waals surface area contributed by atoms with Crippen LogP contribution in [-0.4, -0.2) is 33.3 Å². The minimum Gasteiger partial charge on any atom is -0.383 e. The monoisotopic (exact) mass is 313 g/mol. The Labute approximate surface area is 114 Å². The van der Waals surface area contributed by atoms with Crippen LogP contribution in [0.25, 0.3) is 0 Å². The Hall–Kier alpha value is -1.18. The lowest BCUT2D eigenvalue weighted by atomic mass is 10.1. The fourth-order valence-electron chi connectivity index (χ4n) is 1.80. The fraction of sp³-hybridized carbons (Fsp3) is 0.455. The Morgan fingerprint density at radius 1 is 1.44 bits per heavy atom. The molecule has 2 rings (SSSR count). The van der Waals surface area contributed by atoms with E-state index in [-0.39, 0.29) is 6.04 Å². The number of halogens is 1. The molecule has 0 aliphatic carbocycles. The molecule has 2 aromatic heterocycles. The number of ether oxygens (including phenoxy) is 1. The van der Waals surface area contributed by atoms with Gasteiger partial charge >= 0.3 is 0 Å². The lowest BCUT2D eigenvalue weighted by molar-refractivity contribution is 0.182. The first-order valence-electron chi connectivity index (χ1n) is 5.57. The molecule has 18 heavy (non-hydrogen) atoms. The zero-order valence-electron chi connectivity index (χ0n) is 10.4. The van der Waals surface area contributed by atoms with Crippen molar-refractivity contribution in [3.05, 3.63) is 34.3 Å². The molecule has 0 radical (unpaired) electrons. The van der Waals surface area contributed by atoms with E-state index in [4.69, 9.17) is 10.5 Å². The Balaban J connectivity index is 2.28. The summed E-state index contributed by atoms with van der Waals surface area (Å²) < 4.78 is 9.55. The SMILES string of the molecule is COCCn1ncc(Br)c1C(N)c1cnn(C)c1. The van der Waals surface area contributed by atoms with Gasteiger partial charge in [-0.2, -0.15) is 10.2 Å². The maximum Gasteiger partial charge on any atom is 0.0765 e. The third-order valence-electron chi connectivity index (χ3n) is 2.72. The first-order valence-corrected chi connectivity index (χ1v) is 6.37. The summed E-state index contributed by atoms with van der Waals surface area (Å²) in [5, 5.41) is 8.43. The number of aryl methyl sites for hydroxylation is 1. The fourth-order valence-corrected chi connectivity index (χ4v) is 2.34. The summed E-state index contributed by atoms with van der Waals surface area (Å²) in [6.07, 6.45) is 5.43. The summed E-state index contributed by atoms with van der Waals surface area (Å²) >= 11 is 3.48. The molecular weight excluding hydrogens is 298 g/mol. The molecule has 7 heteroatoms. The molecular formula is C11H16BrN5O. The van der Waals surface area contributed by atoms with Crippen molar-refractivity contribution in [1.29, 1.82) is 0 Å². The maximum absolute atomic E-state index is 6.26. The molecule has 6 nitrogen and oxygen atoms in total. The molecule has 0 aromatic carbocycles. The first-order chi connectivity index (χ1) is 8.63. The quantitative estimate of drug-likeness (QED) is 0.896. The highest BCUT2D eigenvalue weighted by molar-refractivity contribution is 9.10. The van der Waals surface area contributed by atoms with Crippen molar-refractivity contribution in [2.75, 3.05) is 13.7 Å². The number of hydrogen-bond donors (Lipinski definition) is 1. The number of aromatic nitrogens is 4. The van der Waals surface area contributed by atoms with Crippen molar-refractivity contribution in [3.63, 3.8) is 0 Å². The third-order valence-corrected chi connectivity index (χ3v) is 3.33. The maximum atomic E-state index is 6.26. The van der Waals surface area contributed by atoms with Gasteiger partial charge < -0.3 is 10.5 Å². The highest BCUT2D eigenvalue weighted by Crippen LogP contribution is 2.26. The smallest absolute Gasteiger partial charge is 0.0765 e. The van der Waals surface area contributed by atoms with Gasteiger partial charge in [-0.15, -0.1) is 0 Å². The van der Waals surface area contributed by atoms with Gasteiger partial charge in [0, 0.05) is 25.9 Å². The van der Waals surface area contributed by atoms with Crippen LogP contribution in [0.15, 0.2) is 23.1 Å². The third kappa shape index (κ3) is 2.63. The molecule has 0 aliphatic heterocycles. The average Bonchev–Trinajstić information content (AvgIpc) is 2.92. The van der Waals surface area contributed by atoms with Gasteiger partial charge in [0.25, 0.3) is 0 Å². The number of methoxy groups -OCH3 is 1. The Morgan fingerprint density at radius 3 is 2.83 bits per heavy atom. The van der Waals surface area contributed by atoms with Gasteiger partial charge in [0.05, 0.1) is 41.8 Å². The van der Waals surface area contributed by atoms with Crippen LogP contribution >= 0.6 is 15.9 Å². The van der Waals surface area contributed by atoms with Crippen molar-refractivity contribution >= 4 is 15.9 Å². The molecule has 0 amide bonds. The molecule has 2 N–H and O–H groups in total. The van der Waals surface area contributed by atoms with Crippen LogP contribution in [0.1, 0.15) is 17.3 Å². The second-order valence-corrected chi connectivity index (χ2v) is 4.87. The molecule has 0 spiro atoms. The Kier molecular flexibility index (Phi) is 4.15. The molecule has 2 heterocycles. The summed E-state index contributed by atoms with van der Waals surface area (Å²) in [6.45, 7) is 1.27. The predicted octanol–water partition coefficient (Wildman–Crippen LogP) is 1.07. The van der Waals surface area contributed by atoms with E-state index in [2.05, 4.69) is 26.1 Å². The molecule has 0 saturated heterocycles. The van der Waals surface area contributed by atoms with Gasteiger partial charge in [-0.1, -0.05) is 0 Å². The zero-order chi connectivity index (χ0) is 13.1. The molecule has 0 fully saturated rings. The largest absolute Gasteiger partial charge is 0.383 e. The highest BCUT2D eigenvalue weighted by atomic mass is 79.9. The van der Waals surface area contributed by atoms with E-state index < -0.39 is 0 Å². The van der Waals surface area contributed by atoms with Crippen LogP contribution in [0.4, 0.5) is 0 Å². The van der Waals surface area contributed by atoms with Crippen LogP contribution in [0.2, 0.25) is 0 Å². The standard InChI is InChI=1S/C11H16BrN5O/c1-16-7-8(5-14-16)10(13)11-9(12)6-15-17(11)3-4-18-2/h5-7,10H,3-4,13H2,1-2H3. The summed E-state index contributed by atoms with van der Waals surface area (Å²) in [4.78, 5) is 0. The van der Waals surface area contributed by atoms with Gasteiger partial charge in [-0.25, -0.2) is 0 Å². The van der Waals surface area contributed by atoms with E-state index >= 15 is 0 Å². The lowest BCUT2D eigenvalue weighted by Crippen LogP contribution is -2.19. The minimum absolute atomic E-state index is 0.257. The van der Waals surface area contributed by atoms with Crippen LogP contribution in [0.5, 0.6) is 0 Å². The number of nitrogens with zero attached hydrogens (tertiary/aromatic N) is 4. The molecule has 0 aliphatic rings. The van der Waals surface area contributed by atoms with Gasteiger partial charge in [0.15, 0.2) is 0 Å². The topological polar surface area (TPSA) is 70.9 Å². The summed E-state index contributed by atoms with van der Waals surface area (Å²) in [5.74, 6) is 0. The van der Waals surface area contributed by atoms with E-state index in [1.165, 1.54) is 0 Å².